The first-order valence-electron chi connectivity index (χ1n) is 21.0. The minimum absolute atomic E-state index is 0.0133. The normalized spacial score (nSPS) is 12.3. The Labute approximate surface area is 319 Å². The minimum atomic E-state index is -1.04. The molecule has 9 heteroatoms. The molecule has 0 saturated carbocycles. The van der Waals surface area contributed by atoms with Crippen molar-refractivity contribution in [1.82, 2.24) is 10.6 Å². The number of nitrogens with one attached hydrogen (secondary N) is 2. The average Bonchev–Trinajstić information content (AvgIpc) is 3.00. The number of ether oxygens (including phenoxy) is 3. The van der Waals surface area contributed by atoms with Crippen LogP contribution >= 0.6 is 0 Å². The van der Waals surface area contributed by atoms with Crippen molar-refractivity contribution in [2.75, 3.05) is 6.54 Å². The smallest absolute Gasteiger partial charge is 0.315 e. The van der Waals surface area contributed by atoms with E-state index in [0.717, 1.165) is 19.3 Å². The zero-order chi connectivity index (χ0) is 39.5. The number of hydrogen-bond acceptors (Lipinski definition) is 7. The van der Waals surface area contributed by atoms with Crippen LogP contribution < -0.4 is 10.6 Å². The molecule has 0 rings (SSSR count). The fourth-order valence-corrected chi connectivity index (χ4v) is 6.28. The third-order valence-electron chi connectivity index (χ3n) is 8.88. The molecule has 2 N–H and O–H groups in total. The highest BCUT2D eigenvalue weighted by Gasteiger charge is 2.35. The zero-order valence-corrected chi connectivity index (χ0v) is 35.5. The number of amides is 2. The van der Waals surface area contributed by atoms with Crippen molar-refractivity contribution in [3.8, 4) is 0 Å². The van der Waals surface area contributed by atoms with Crippen LogP contribution in [-0.4, -0.2) is 52.8 Å². The van der Waals surface area contributed by atoms with Gasteiger partial charge in [0, 0.05) is 31.3 Å². The van der Waals surface area contributed by atoms with E-state index in [1.54, 1.807) is 62.3 Å². The molecule has 306 valence electrons. The molecule has 52 heavy (non-hydrogen) atoms. The topological polar surface area (TPSA) is 120 Å². The predicted molar refractivity (Wildman–Crippen MR) is 213 cm³/mol. The van der Waals surface area contributed by atoms with Crippen LogP contribution in [0.4, 0.5) is 4.79 Å². The van der Waals surface area contributed by atoms with Crippen molar-refractivity contribution >= 4 is 23.9 Å². The number of rotatable bonds is 29. The van der Waals surface area contributed by atoms with E-state index in [4.69, 9.17) is 14.2 Å². The van der Waals surface area contributed by atoms with E-state index in [1.165, 1.54) is 96.3 Å². The van der Waals surface area contributed by atoms with Crippen LogP contribution in [0.2, 0.25) is 0 Å². The van der Waals surface area contributed by atoms with Gasteiger partial charge in [-0.05, 0) is 88.0 Å². The third-order valence-corrected chi connectivity index (χ3v) is 8.88. The summed E-state index contributed by atoms with van der Waals surface area (Å²) in [6.07, 6.45) is 24.0. The second-order valence-electron chi connectivity index (χ2n) is 17.9. The third kappa shape index (κ3) is 32.3. The number of esters is 3. The van der Waals surface area contributed by atoms with E-state index in [0.29, 0.717) is 6.54 Å². The number of carbonyl (C=O) groups excluding carboxylic acids is 4. The van der Waals surface area contributed by atoms with E-state index in [9.17, 15) is 19.2 Å². The average molecular weight is 739 g/mol. The van der Waals surface area contributed by atoms with Crippen LogP contribution in [0, 0.1) is 0 Å². The van der Waals surface area contributed by atoms with Crippen molar-refractivity contribution in [1.29, 1.82) is 0 Å². The summed E-state index contributed by atoms with van der Waals surface area (Å²) >= 11 is 0. The maximum atomic E-state index is 13.3. The molecule has 0 spiro atoms. The van der Waals surface area contributed by atoms with E-state index < -0.39 is 40.2 Å². The molecule has 9 nitrogen and oxygen atoms in total. The van der Waals surface area contributed by atoms with Crippen molar-refractivity contribution in [3.05, 3.63) is 0 Å². The molecule has 0 saturated heterocycles. The van der Waals surface area contributed by atoms with E-state index in [1.807, 2.05) is 0 Å². The zero-order valence-electron chi connectivity index (χ0n) is 35.5. The number of hydrogen-bond donors (Lipinski definition) is 2. The summed E-state index contributed by atoms with van der Waals surface area (Å²) in [5.41, 5.74) is -3.03. The van der Waals surface area contributed by atoms with Gasteiger partial charge in [-0.2, -0.15) is 0 Å². The first kappa shape index (κ1) is 49.7. The van der Waals surface area contributed by atoms with Crippen molar-refractivity contribution in [2.45, 2.75) is 246 Å². The van der Waals surface area contributed by atoms with Gasteiger partial charge in [0.15, 0.2) is 0 Å². The minimum Gasteiger partial charge on any atom is -0.460 e. The van der Waals surface area contributed by atoms with Gasteiger partial charge in [-0.3, -0.25) is 14.4 Å². The molecular weight excluding hydrogens is 656 g/mol. The second kappa shape index (κ2) is 27.3. The Morgan fingerprint density at radius 2 is 0.692 bits per heavy atom. The summed E-state index contributed by atoms with van der Waals surface area (Å²) in [4.78, 5) is 51.6. The van der Waals surface area contributed by atoms with Crippen molar-refractivity contribution in [2.24, 2.45) is 0 Å². The molecule has 0 aliphatic heterocycles. The van der Waals surface area contributed by atoms with Crippen LogP contribution in [0.1, 0.15) is 223 Å². The monoisotopic (exact) mass is 739 g/mol. The highest BCUT2D eigenvalue weighted by atomic mass is 16.6. The van der Waals surface area contributed by atoms with Gasteiger partial charge in [0.25, 0.3) is 0 Å². The molecule has 0 atom stereocenters. The SMILES string of the molecule is CCCCCCCCCCCCCCCCCCCCNC(=O)NC(CCC(=O)OC(C)(C)C)(CCC(=O)OC(C)(C)C)CCC(=O)OC(C)(C)C. The van der Waals surface area contributed by atoms with Gasteiger partial charge in [-0.25, -0.2) is 4.79 Å². The van der Waals surface area contributed by atoms with Crippen LogP contribution in [-0.2, 0) is 28.6 Å². The van der Waals surface area contributed by atoms with Gasteiger partial charge in [0.05, 0.1) is 0 Å². The van der Waals surface area contributed by atoms with Crippen LogP contribution in [0.25, 0.3) is 0 Å². The van der Waals surface area contributed by atoms with Gasteiger partial charge in [-0.1, -0.05) is 116 Å². The van der Waals surface area contributed by atoms with E-state index >= 15 is 0 Å². The van der Waals surface area contributed by atoms with Gasteiger partial charge in [-0.15, -0.1) is 0 Å². The summed E-state index contributed by atoms with van der Waals surface area (Å²) in [5, 5.41) is 6.04. The quantitative estimate of drug-likeness (QED) is 0.0445. The second-order valence-corrected chi connectivity index (χ2v) is 17.9. The molecule has 0 heterocycles. The Kier molecular flexibility index (Phi) is 26.1. The molecule has 2 amide bonds. The fraction of sp³-hybridized carbons (Fsp3) is 0.907. The van der Waals surface area contributed by atoms with Crippen molar-refractivity contribution < 1.29 is 33.4 Å². The molecule has 0 aromatic carbocycles. The lowest BCUT2D eigenvalue weighted by atomic mass is 9.83. The Morgan fingerprint density at radius 3 is 0.962 bits per heavy atom. The molecule has 0 radical (unpaired) electrons. The Morgan fingerprint density at radius 1 is 0.423 bits per heavy atom. The molecule has 0 bridgehead atoms. The number of unbranched alkanes of at least 4 members (excludes halogenated alkanes) is 17. The highest BCUT2D eigenvalue weighted by Crippen LogP contribution is 2.28. The lowest BCUT2D eigenvalue weighted by Crippen LogP contribution is -2.53. The van der Waals surface area contributed by atoms with Gasteiger partial charge >= 0.3 is 23.9 Å². The summed E-state index contributed by atoms with van der Waals surface area (Å²) in [6, 6.07) is -0.385. The fourth-order valence-electron chi connectivity index (χ4n) is 6.28. The molecular formula is C43H82N2O7. The number of carbonyl (C=O) groups is 4. The maximum absolute atomic E-state index is 13.3. The van der Waals surface area contributed by atoms with E-state index in [2.05, 4.69) is 17.6 Å². The molecule has 0 aliphatic rings. The van der Waals surface area contributed by atoms with Gasteiger partial charge in [0.2, 0.25) is 0 Å². The summed E-state index contributed by atoms with van der Waals surface area (Å²) in [5.74, 6) is -1.23. The molecule has 0 aromatic heterocycles. The van der Waals surface area contributed by atoms with Crippen LogP contribution in [0.3, 0.4) is 0 Å². The number of urea groups is 1. The Hall–Kier alpha value is -2.32. The van der Waals surface area contributed by atoms with Crippen LogP contribution in [0.5, 0.6) is 0 Å². The first-order valence-corrected chi connectivity index (χ1v) is 21.0. The first-order chi connectivity index (χ1) is 24.3. The molecule has 0 fully saturated rings. The summed E-state index contributed by atoms with van der Waals surface area (Å²) < 4.78 is 16.6. The lowest BCUT2D eigenvalue weighted by molar-refractivity contribution is -0.155. The van der Waals surface area contributed by atoms with Gasteiger partial charge in [0.1, 0.15) is 16.8 Å². The largest absolute Gasteiger partial charge is 0.460 e. The maximum Gasteiger partial charge on any atom is 0.315 e. The van der Waals surface area contributed by atoms with Crippen molar-refractivity contribution in [3.63, 3.8) is 0 Å². The molecule has 0 aliphatic carbocycles. The predicted octanol–water partition coefficient (Wildman–Crippen LogP) is 11.4. The Bertz CT molecular complexity index is 897. The summed E-state index contributed by atoms with van der Waals surface area (Å²) in [6.45, 7) is 19.0. The summed E-state index contributed by atoms with van der Waals surface area (Å²) in [7, 11) is 0. The molecule has 0 unspecified atom stereocenters. The van der Waals surface area contributed by atoms with Gasteiger partial charge < -0.3 is 24.8 Å². The lowest BCUT2D eigenvalue weighted by Gasteiger charge is -2.35. The Balaban J connectivity index is 4.87. The molecule has 0 aromatic rings. The highest BCUT2D eigenvalue weighted by molar-refractivity contribution is 5.76. The van der Waals surface area contributed by atoms with Crippen LogP contribution in [0.15, 0.2) is 0 Å². The van der Waals surface area contributed by atoms with E-state index in [-0.39, 0.29) is 44.6 Å². The standard InChI is InChI=1S/C43H82N2O7/c1-11-12-13-14-15-16-17-18-19-20-21-22-23-24-25-26-27-28-35-44-39(49)45-43(32-29-36(46)50-40(2,3)4,33-30-37(47)51-41(5,6)7)34-31-38(48)52-42(8,9)10/h11-35H2,1-10H3,(H2,44,45,49).